The van der Waals surface area contributed by atoms with E-state index in [2.05, 4.69) is 4.98 Å². The van der Waals surface area contributed by atoms with Gasteiger partial charge in [0.1, 0.15) is 5.56 Å². The molecule has 2 aromatic rings. The van der Waals surface area contributed by atoms with Crippen LogP contribution in [0.3, 0.4) is 0 Å². The zero-order chi connectivity index (χ0) is 14.7. The van der Waals surface area contributed by atoms with Crippen molar-refractivity contribution in [2.75, 3.05) is 0 Å². The first-order chi connectivity index (χ1) is 9.52. The van der Waals surface area contributed by atoms with Crippen molar-refractivity contribution < 1.29 is 18.5 Å². The van der Waals surface area contributed by atoms with Crippen LogP contribution in [0.15, 0.2) is 42.7 Å². The number of nitrogens with zero attached hydrogens (tertiary/aromatic N) is 2. The third-order valence-corrected chi connectivity index (χ3v) is 2.68. The molecule has 5 nitrogen and oxygen atoms in total. The Balaban J connectivity index is 2.65. The van der Waals surface area contributed by atoms with Crippen LogP contribution >= 0.6 is 0 Å². The van der Waals surface area contributed by atoms with Crippen LogP contribution in [-0.4, -0.2) is 15.7 Å². The van der Waals surface area contributed by atoms with Crippen LogP contribution in [0.25, 0.3) is 0 Å². The minimum absolute atomic E-state index is 0.0659. The summed E-state index contributed by atoms with van der Waals surface area (Å²) >= 11 is 0. The van der Waals surface area contributed by atoms with Gasteiger partial charge in [0.05, 0.1) is 4.92 Å². The number of aromatic nitrogens is 1. The predicted molar refractivity (Wildman–Crippen MR) is 65.7 cm³/mol. The Hall–Kier alpha value is -2.70. The topological polar surface area (TPSA) is 73.1 Å². The molecule has 0 amide bonds. The van der Waals surface area contributed by atoms with Crippen LogP contribution in [0.1, 0.15) is 27.9 Å². The lowest BCUT2D eigenvalue weighted by Crippen LogP contribution is -2.09. The van der Waals surface area contributed by atoms with Gasteiger partial charge in [0.2, 0.25) is 5.78 Å². The van der Waals surface area contributed by atoms with E-state index in [1.807, 2.05) is 0 Å². The lowest BCUT2D eigenvalue weighted by Gasteiger charge is -2.08. The number of ketones is 1. The molecule has 0 aliphatic carbocycles. The zero-order valence-corrected chi connectivity index (χ0v) is 9.99. The molecule has 0 fully saturated rings. The maximum Gasteiger partial charge on any atom is 0.281 e. The van der Waals surface area contributed by atoms with E-state index in [1.165, 1.54) is 24.5 Å². The fourth-order valence-electron chi connectivity index (χ4n) is 1.79. The van der Waals surface area contributed by atoms with Gasteiger partial charge >= 0.3 is 0 Å². The number of benzene rings is 1. The summed E-state index contributed by atoms with van der Waals surface area (Å²) in [4.78, 5) is 26.0. The van der Waals surface area contributed by atoms with E-state index in [0.717, 1.165) is 18.2 Å². The van der Waals surface area contributed by atoms with Crippen molar-refractivity contribution in [1.82, 2.24) is 4.98 Å². The van der Waals surface area contributed by atoms with E-state index in [-0.39, 0.29) is 5.56 Å². The Morgan fingerprint density at radius 1 is 1.20 bits per heavy atom. The summed E-state index contributed by atoms with van der Waals surface area (Å²) in [7, 11) is 0. The Morgan fingerprint density at radius 3 is 2.40 bits per heavy atom. The summed E-state index contributed by atoms with van der Waals surface area (Å²) in [5.41, 5.74) is -1.81. The first kappa shape index (κ1) is 13.7. The van der Waals surface area contributed by atoms with E-state index in [9.17, 15) is 23.7 Å². The molecular weight excluding hydrogens is 270 g/mol. The summed E-state index contributed by atoms with van der Waals surface area (Å²) in [6.45, 7) is 0. The van der Waals surface area contributed by atoms with Gasteiger partial charge in [-0.2, -0.15) is 0 Å². The predicted octanol–water partition coefficient (Wildman–Crippen LogP) is 3.16. The number of hydrogen-bond acceptors (Lipinski definition) is 4. The van der Waals surface area contributed by atoms with Crippen molar-refractivity contribution >= 4 is 11.5 Å². The van der Waals surface area contributed by atoms with E-state index in [0.29, 0.717) is 0 Å². The Morgan fingerprint density at radius 2 is 1.85 bits per heavy atom. The molecule has 102 valence electrons. The van der Waals surface area contributed by atoms with Crippen LogP contribution in [0.2, 0.25) is 0 Å². The van der Waals surface area contributed by atoms with Crippen LogP contribution < -0.4 is 0 Å². The van der Waals surface area contributed by atoms with Crippen LogP contribution in [-0.2, 0) is 0 Å². The number of alkyl halides is 2. The first-order valence-corrected chi connectivity index (χ1v) is 5.52. The van der Waals surface area contributed by atoms with E-state index in [1.54, 1.807) is 0 Å². The Labute approximate surface area is 112 Å². The molecule has 1 heterocycles. The summed E-state index contributed by atoms with van der Waals surface area (Å²) in [6.07, 6.45) is -0.357. The van der Waals surface area contributed by atoms with Gasteiger partial charge < -0.3 is 0 Å². The van der Waals surface area contributed by atoms with Gasteiger partial charge in [-0.1, -0.05) is 12.1 Å². The van der Waals surface area contributed by atoms with E-state index >= 15 is 0 Å². The fraction of sp³-hybridized carbons (Fsp3) is 0.0769. The number of hydrogen-bond donors (Lipinski definition) is 0. The van der Waals surface area contributed by atoms with Gasteiger partial charge in [-0.3, -0.25) is 19.9 Å². The van der Waals surface area contributed by atoms with Crippen molar-refractivity contribution in [3.63, 3.8) is 0 Å². The van der Waals surface area contributed by atoms with E-state index < -0.39 is 33.9 Å². The van der Waals surface area contributed by atoms with Crippen LogP contribution in [0.5, 0.6) is 0 Å². The maximum atomic E-state index is 13.0. The second kappa shape index (κ2) is 5.52. The fourth-order valence-corrected chi connectivity index (χ4v) is 1.79. The number of nitro groups is 1. The highest BCUT2D eigenvalue weighted by atomic mass is 19.3. The zero-order valence-electron chi connectivity index (χ0n) is 9.99. The lowest BCUT2D eigenvalue weighted by molar-refractivity contribution is -0.385. The molecule has 0 unspecified atom stereocenters. The van der Waals surface area contributed by atoms with Crippen molar-refractivity contribution in [2.24, 2.45) is 0 Å². The molecular formula is C13H8F2N2O3. The van der Waals surface area contributed by atoms with Gasteiger partial charge in [-0.25, -0.2) is 8.78 Å². The smallest absolute Gasteiger partial charge is 0.281 e. The summed E-state index contributed by atoms with van der Waals surface area (Å²) < 4.78 is 25.9. The lowest BCUT2D eigenvalue weighted by atomic mass is 9.97. The van der Waals surface area contributed by atoms with Gasteiger partial charge in [0.15, 0.2) is 0 Å². The summed E-state index contributed by atoms with van der Waals surface area (Å²) in [5.74, 6) is -0.824. The minimum atomic E-state index is -2.98. The molecule has 0 atom stereocenters. The molecule has 0 aliphatic rings. The molecule has 0 saturated heterocycles. The number of carbonyl (C=O) groups is 1. The molecule has 1 aromatic carbocycles. The number of carbonyl (C=O) groups excluding carboxylic acids is 1. The molecule has 7 heteroatoms. The standard InChI is InChI=1S/C13H8F2N2O3/c14-13(15)9-2-1-3-10(17(19)20)11(9)12(18)8-4-6-16-7-5-8/h1-7,13H. The largest absolute Gasteiger partial charge is 0.288 e. The Kier molecular flexibility index (Phi) is 3.79. The molecule has 0 spiro atoms. The molecule has 0 radical (unpaired) electrons. The molecule has 0 bridgehead atoms. The third kappa shape index (κ3) is 2.51. The van der Waals surface area contributed by atoms with Crippen molar-refractivity contribution in [2.45, 2.75) is 6.43 Å². The molecule has 2 rings (SSSR count). The van der Waals surface area contributed by atoms with Gasteiger partial charge in [-0.05, 0) is 12.1 Å². The van der Waals surface area contributed by atoms with Crippen molar-refractivity contribution in [3.8, 4) is 0 Å². The van der Waals surface area contributed by atoms with Crippen molar-refractivity contribution in [3.05, 3.63) is 69.5 Å². The van der Waals surface area contributed by atoms with Gasteiger partial charge in [0.25, 0.3) is 12.1 Å². The SMILES string of the molecule is O=C(c1ccncc1)c1c(C(F)F)cccc1[N+](=O)[O-]. The monoisotopic (exact) mass is 278 g/mol. The van der Waals surface area contributed by atoms with Crippen LogP contribution in [0, 0.1) is 10.1 Å². The highest BCUT2D eigenvalue weighted by Gasteiger charge is 2.28. The molecule has 0 N–H and O–H groups in total. The van der Waals surface area contributed by atoms with E-state index in [4.69, 9.17) is 0 Å². The quantitative estimate of drug-likeness (QED) is 0.489. The van der Waals surface area contributed by atoms with Gasteiger partial charge in [-0.15, -0.1) is 0 Å². The average Bonchev–Trinajstić information content (AvgIpc) is 2.46. The third-order valence-electron chi connectivity index (χ3n) is 2.68. The first-order valence-electron chi connectivity index (χ1n) is 5.52. The number of pyridine rings is 1. The number of rotatable bonds is 4. The molecule has 0 aliphatic heterocycles. The Bertz CT molecular complexity index is 660. The highest BCUT2D eigenvalue weighted by Crippen LogP contribution is 2.31. The second-order valence-electron chi connectivity index (χ2n) is 3.86. The second-order valence-corrected chi connectivity index (χ2v) is 3.86. The number of halogens is 2. The normalized spacial score (nSPS) is 10.6. The minimum Gasteiger partial charge on any atom is -0.288 e. The van der Waals surface area contributed by atoms with Crippen LogP contribution in [0.4, 0.5) is 14.5 Å². The average molecular weight is 278 g/mol. The van der Waals surface area contributed by atoms with Gasteiger partial charge in [0, 0.05) is 29.6 Å². The maximum absolute atomic E-state index is 13.0. The summed E-state index contributed by atoms with van der Waals surface area (Å²) in [5, 5.41) is 10.9. The highest BCUT2D eigenvalue weighted by molar-refractivity contribution is 6.12. The summed E-state index contributed by atoms with van der Waals surface area (Å²) in [6, 6.07) is 5.79. The molecule has 0 saturated carbocycles. The number of nitro benzene ring substituents is 1. The van der Waals surface area contributed by atoms with Crippen molar-refractivity contribution in [1.29, 1.82) is 0 Å². The molecule has 20 heavy (non-hydrogen) atoms. The molecule has 1 aromatic heterocycles.